The summed E-state index contributed by atoms with van der Waals surface area (Å²) in [7, 11) is 0. The summed E-state index contributed by atoms with van der Waals surface area (Å²) >= 11 is 0. The predicted octanol–water partition coefficient (Wildman–Crippen LogP) is 2.89. The Bertz CT molecular complexity index is 842. The van der Waals surface area contributed by atoms with Gasteiger partial charge in [0.15, 0.2) is 0 Å². The molecule has 0 unspecified atom stereocenters. The zero-order valence-corrected chi connectivity index (χ0v) is 14.8. The van der Waals surface area contributed by atoms with E-state index in [1.54, 1.807) is 40.1 Å². The highest BCUT2D eigenvalue weighted by Gasteiger charge is 2.23. The Morgan fingerprint density at radius 3 is 2.22 bits per heavy atom. The first-order valence-corrected chi connectivity index (χ1v) is 8.76. The van der Waals surface area contributed by atoms with E-state index in [4.69, 9.17) is 0 Å². The monoisotopic (exact) mass is 370 g/mol. The van der Waals surface area contributed by atoms with Gasteiger partial charge in [0.2, 0.25) is 11.8 Å². The first-order valence-electron chi connectivity index (χ1n) is 8.76. The lowest BCUT2D eigenvalue weighted by atomic mass is 10.1. The molecule has 140 valence electrons. The molecule has 0 spiro atoms. The SMILES string of the molecule is O=C(/C=C/c1cccc(F)c1)N1CCN(C(=O)Cc2ccc(F)cc2)CC1. The zero-order valence-electron chi connectivity index (χ0n) is 14.8. The van der Waals surface area contributed by atoms with E-state index in [0.717, 1.165) is 5.56 Å². The van der Waals surface area contributed by atoms with E-state index in [-0.39, 0.29) is 29.9 Å². The molecule has 3 rings (SSSR count). The van der Waals surface area contributed by atoms with Crippen molar-refractivity contribution >= 4 is 17.9 Å². The van der Waals surface area contributed by atoms with E-state index < -0.39 is 0 Å². The molecule has 1 saturated heterocycles. The maximum atomic E-state index is 13.2. The lowest BCUT2D eigenvalue weighted by Crippen LogP contribution is -2.50. The first kappa shape index (κ1) is 18.8. The zero-order chi connectivity index (χ0) is 19.2. The number of piperazine rings is 1. The van der Waals surface area contributed by atoms with Crippen molar-refractivity contribution in [2.75, 3.05) is 26.2 Å². The van der Waals surface area contributed by atoms with Gasteiger partial charge >= 0.3 is 0 Å². The van der Waals surface area contributed by atoms with Crippen LogP contribution in [0.15, 0.2) is 54.6 Å². The van der Waals surface area contributed by atoms with Crippen LogP contribution >= 0.6 is 0 Å². The fourth-order valence-corrected chi connectivity index (χ4v) is 2.95. The summed E-state index contributed by atoms with van der Waals surface area (Å²) < 4.78 is 26.1. The number of amides is 2. The fourth-order valence-electron chi connectivity index (χ4n) is 2.95. The topological polar surface area (TPSA) is 40.6 Å². The van der Waals surface area contributed by atoms with E-state index in [9.17, 15) is 18.4 Å². The van der Waals surface area contributed by atoms with Crippen molar-refractivity contribution in [2.24, 2.45) is 0 Å². The molecular weight excluding hydrogens is 350 g/mol. The highest BCUT2D eigenvalue weighted by atomic mass is 19.1. The van der Waals surface area contributed by atoms with Crippen LogP contribution in [0.5, 0.6) is 0 Å². The molecule has 0 N–H and O–H groups in total. The number of carbonyl (C=O) groups is 2. The molecular formula is C21H20F2N2O2. The quantitative estimate of drug-likeness (QED) is 0.777. The second-order valence-corrected chi connectivity index (χ2v) is 6.40. The Morgan fingerprint density at radius 1 is 0.889 bits per heavy atom. The molecule has 0 atom stereocenters. The summed E-state index contributed by atoms with van der Waals surface area (Å²) in [4.78, 5) is 28.0. The maximum absolute atomic E-state index is 13.2. The van der Waals surface area contributed by atoms with Gasteiger partial charge in [0.25, 0.3) is 0 Å². The van der Waals surface area contributed by atoms with Crippen LogP contribution in [0, 0.1) is 11.6 Å². The summed E-state index contributed by atoms with van der Waals surface area (Å²) in [5, 5.41) is 0. The minimum atomic E-state index is -0.349. The third-order valence-corrected chi connectivity index (χ3v) is 4.48. The largest absolute Gasteiger partial charge is 0.339 e. The molecule has 1 aliphatic rings. The van der Waals surface area contributed by atoms with Gasteiger partial charge in [-0.2, -0.15) is 0 Å². The number of rotatable bonds is 4. The lowest BCUT2D eigenvalue weighted by Gasteiger charge is -2.34. The lowest BCUT2D eigenvalue weighted by molar-refractivity contribution is -0.136. The van der Waals surface area contributed by atoms with Gasteiger partial charge in [0, 0.05) is 32.3 Å². The molecule has 0 aromatic heterocycles. The van der Waals surface area contributed by atoms with Crippen LogP contribution in [0.4, 0.5) is 8.78 Å². The fraction of sp³-hybridized carbons (Fsp3) is 0.238. The van der Waals surface area contributed by atoms with Crippen molar-refractivity contribution in [3.05, 3.63) is 77.4 Å². The van der Waals surface area contributed by atoms with Gasteiger partial charge in [-0.15, -0.1) is 0 Å². The van der Waals surface area contributed by atoms with Gasteiger partial charge in [-0.3, -0.25) is 9.59 Å². The Morgan fingerprint density at radius 2 is 1.56 bits per heavy atom. The predicted molar refractivity (Wildman–Crippen MR) is 98.7 cm³/mol. The van der Waals surface area contributed by atoms with Crippen LogP contribution in [0.1, 0.15) is 11.1 Å². The third kappa shape index (κ3) is 5.23. The second kappa shape index (κ2) is 8.58. The summed E-state index contributed by atoms with van der Waals surface area (Å²) in [5.41, 5.74) is 1.38. The minimum Gasteiger partial charge on any atom is -0.339 e. The summed E-state index contributed by atoms with van der Waals surface area (Å²) in [6, 6.07) is 11.9. The number of benzene rings is 2. The summed E-state index contributed by atoms with van der Waals surface area (Å²) in [6.07, 6.45) is 3.22. The molecule has 6 heteroatoms. The molecule has 0 radical (unpaired) electrons. The first-order chi connectivity index (χ1) is 13.0. The number of halogens is 2. The highest BCUT2D eigenvalue weighted by molar-refractivity contribution is 5.92. The van der Waals surface area contributed by atoms with Crippen LogP contribution in [0.3, 0.4) is 0 Å². The molecule has 4 nitrogen and oxygen atoms in total. The van der Waals surface area contributed by atoms with Crippen LogP contribution in [-0.2, 0) is 16.0 Å². The number of carbonyl (C=O) groups excluding carboxylic acids is 2. The number of hydrogen-bond acceptors (Lipinski definition) is 2. The average Bonchev–Trinajstić information content (AvgIpc) is 2.68. The van der Waals surface area contributed by atoms with Crippen molar-refractivity contribution in [2.45, 2.75) is 6.42 Å². The van der Waals surface area contributed by atoms with Crippen LogP contribution in [-0.4, -0.2) is 47.8 Å². The molecule has 0 aliphatic carbocycles. The van der Waals surface area contributed by atoms with Gasteiger partial charge in [-0.05, 0) is 41.5 Å². The molecule has 1 heterocycles. The van der Waals surface area contributed by atoms with Crippen molar-refractivity contribution in [3.8, 4) is 0 Å². The highest BCUT2D eigenvalue weighted by Crippen LogP contribution is 2.10. The van der Waals surface area contributed by atoms with Crippen LogP contribution in [0.2, 0.25) is 0 Å². The second-order valence-electron chi connectivity index (χ2n) is 6.40. The van der Waals surface area contributed by atoms with Crippen molar-refractivity contribution in [3.63, 3.8) is 0 Å². The molecule has 0 saturated carbocycles. The van der Waals surface area contributed by atoms with E-state index >= 15 is 0 Å². The number of nitrogens with zero attached hydrogens (tertiary/aromatic N) is 2. The molecule has 27 heavy (non-hydrogen) atoms. The molecule has 2 amide bonds. The Hall–Kier alpha value is -3.02. The van der Waals surface area contributed by atoms with E-state index in [0.29, 0.717) is 31.7 Å². The molecule has 2 aromatic carbocycles. The van der Waals surface area contributed by atoms with Gasteiger partial charge in [0.1, 0.15) is 11.6 Å². The van der Waals surface area contributed by atoms with Gasteiger partial charge < -0.3 is 9.80 Å². The van der Waals surface area contributed by atoms with Crippen LogP contribution in [0.25, 0.3) is 6.08 Å². The summed E-state index contributed by atoms with van der Waals surface area (Å²) in [6.45, 7) is 1.81. The van der Waals surface area contributed by atoms with E-state index in [1.165, 1.54) is 30.3 Å². The van der Waals surface area contributed by atoms with Gasteiger partial charge in [0.05, 0.1) is 6.42 Å². The Labute approximate surface area is 156 Å². The third-order valence-electron chi connectivity index (χ3n) is 4.48. The van der Waals surface area contributed by atoms with Gasteiger partial charge in [-0.1, -0.05) is 24.3 Å². The Kier molecular flexibility index (Phi) is 5.96. The van der Waals surface area contributed by atoms with Crippen LogP contribution < -0.4 is 0 Å². The molecule has 1 aliphatic heterocycles. The standard InChI is InChI=1S/C21H20F2N2O2/c22-18-7-4-17(5-8-18)15-21(27)25-12-10-24(11-13-25)20(26)9-6-16-2-1-3-19(23)14-16/h1-9,14H,10-13,15H2/b9-6+. The molecule has 0 bridgehead atoms. The van der Waals surface area contributed by atoms with E-state index in [1.807, 2.05) is 0 Å². The van der Waals surface area contributed by atoms with Crippen molar-refractivity contribution < 1.29 is 18.4 Å². The Balaban J connectivity index is 1.49. The molecule has 2 aromatic rings. The van der Waals surface area contributed by atoms with Crippen molar-refractivity contribution in [1.82, 2.24) is 9.80 Å². The average molecular weight is 370 g/mol. The van der Waals surface area contributed by atoms with Gasteiger partial charge in [-0.25, -0.2) is 8.78 Å². The minimum absolute atomic E-state index is 0.0380. The number of hydrogen-bond donors (Lipinski definition) is 0. The normalized spacial score (nSPS) is 14.6. The van der Waals surface area contributed by atoms with E-state index in [2.05, 4.69) is 0 Å². The summed E-state index contributed by atoms with van der Waals surface area (Å²) in [5.74, 6) is -0.878. The maximum Gasteiger partial charge on any atom is 0.246 e. The molecule has 1 fully saturated rings. The van der Waals surface area contributed by atoms with Crippen molar-refractivity contribution in [1.29, 1.82) is 0 Å². The smallest absolute Gasteiger partial charge is 0.246 e.